The highest BCUT2D eigenvalue weighted by atomic mass is 35.5. The number of rotatable bonds is 2. The molecule has 2 N–H and O–H groups in total. The highest BCUT2D eigenvalue weighted by Crippen LogP contribution is 2.46. The van der Waals surface area contributed by atoms with E-state index in [1.54, 1.807) is 6.07 Å². The second kappa shape index (κ2) is 6.56. The van der Waals surface area contributed by atoms with Crippen LogP contribution >= 0.6 is 11.6 Å². The van der Waals surface area contributed by atoms with Crippen LogP contribution in [0.1, 0.15) is 29.0 Å². The van der Waals surface area contributed by atoms with Gasteiger partial charge in [-0.05, 0) is 60.2 Å². The zero-order valence-electron chi connectivity index (χ0n) is 15.2. The van der Waals surface area contributed by atoms with Crippen molar-refractivity contribution in [1.82, 2.24) is 5.32 Å². The molecule has 2 unspecified atom stereocenters. The number of nitrogens with one attached hydrogen (secondary N) is 2. The Kier molecular flexibility index (Phi) is 4.25. The average molecular weight is 408 g/mol. The Morgan fingerprint density at radius 2 is 1.96 bits per heavy atom. The molecule has 0 saturated carbocycles. The number of alkyl halides is 3. The van der Waals surface area contributed by atoms with E-state index in [1.165, 1.54) is 22.9 Å². The third-order valence-electron chi connectivity index (χ3n) is 6.16. The molecule has 148 valence electrons. The van der Waals surface area contributed by atoms with Gasteiger partial charge in [-0.2, -0.15) is 13.2 Å². The van der Waals surface area contributed by atoms with E-state index in [0.717, 1.165) is 50.8 Å². The molecule has 0 radical (unpaired) electrons. The molecule has 0 spiro atoms. The number of aryl methyl sites for hydroxylation is 1. The van der Waals surface area contributed by atoms with Crippen molar-refractivity contribution < 1.29 is 13.2 Å². The van der Waals surface area contributed by atoms with Crippen molar-refractivity contribution in [1.29, 1.82) is 0 Å². The molecule has 3 aliphatic heterocycles. The van der Waals surface area contributed by atoms with Crippen LogP contribution in [0.15, 0.2) is 30.3 Å². The smallest absolute Gasteiger partial charge is 0.371 e. The van der Waals surface area contributed by atoms with Gasteiger partial charge in [-0.3, -0.25) is 0 Å². The molecular formula is C21H21ClF3N3. The van der Waals surface area contributed by atoms with Crippen molar-refractivity contribution in [3.63, 3.8) is 0 Å². The maximum absolute atomic E-state index is 13.2. The van der Waals surface area contributed by atoms with Crippen LogP contribution in [0.25, 0.3) is 0 Å². The molecular weight excluding hydrogens is 387 g/mol. The number of hydrogen-bond acceptors (Lipinski definition) is 3. The molecule has 0 aliphatic carbocycles. The predicted octanol–water partition coefficient (Wildman–Crippen LogP) is 5.17. The Labute approximate surface area is 166 Å². The van der Waals surface area contributed by atoms with Crippen LogP contribution in [0.5, 0.6) is 0 Å². The number of anilines is 3. The Hall–Kier alpha value is -1.92. The summed E-state index contributed by atoms with van der Waals surface area (Å²) in [6, 6.07) is 8.20. The van der Waals surface area contributed by atoms with Crippen molar-refractivity contribution in [3.05, 3.63) is 52.0 Å². The van der Waals surface area contributed by atoms with E-state index >= 15 is 0 Å². The van der Waals surface area contributed by atoms with Crippen LogP contribution < -0.4 is 15.5 Å². The summed E-state index contributed by atoms with van der Waals surface area (Å²) in [4.78, 5) is 2.50. The van der Waals surface area contributed by atoms with Crippen LogP contribution in [-0.2, 0) is 12.6 Å². The van der Waals surface area contributed by atoms with Gasteiger partial charge in [0.25, 0.3) is 0 Å². The van der Waals surface area contributed by atoms with Crippen LogP contribution in [0.3, 0.4) is 0 Å². The van der Waals surface area contributed by atoms with E-state index in [1.807, 2.05) is 0 Å². The predicted molar refractivity (Wildman–Crippen MR) is 106 cm³/mol. The van der Waals surface area contributed by atoms with Gasteiger partial charge in [0.1, 0.15) is 0 Å². The van der Waals surface area contributed by atoms with Crippen molar-refractivity contribution in [2.45, 2.75) is 24.9 Å². The summed E-state index contributed by atoms with van der Waals surface area (Å²) >= 11 is 5.75. The normalized spacial score (nSPS) is 23.4. The molecule has 0 aromatic heterocycles. The second-order valence-electron chi connectivity index (χ2n) is 7.96. The topological polar surface area (TPSA) is 27.3 Å². The van der Waals surface area contributed by atoms with Gasteiger partial charge in [0, 0.05) is 49.2 Å². The van der Waals surface area contributed by atoms with E-state index in [4.69, 9.17) is 11.6 Å². The number of halogens is 4. The van der Waals surface area contributed by atoms with Gasteiger partial charge in [-0.1, -0.05) is 11.6 Å². The van der Waals surface area contributed by atoms with E-state index in [9.17, 15) is 13.2 Å². The molecule has 5 rings (SSSR count). The zero-order chi connectivity index (χ0) is 19.5. The Bertz CT molecular complexity index is 928. The zero-order valence-corrected chi connectivity index (χ0v) is 16.0. The van der Waals surface area contributed by atoms with Crippen molar-refractivity contribution in [3.8, 4) is 0 Å². The lowest BCUT2D eigenvalue weighted by atomic mass is 9.80. The number of fused-ring (bicyclic) bond motifs is 2. The van der Waals surface area contributed by atoms with Gasteiger partial charge in [0.15, 0.2) is 0 Å². The first kappa shape index (κ1) is 18.1. The maximum atomic E-state index is 13.2. The summed E-state index contributed by atoms with van der Waals surface area (Å²) in [6.07, 6.45) is -2.35. The van der Waals surface area contributed by atoms with Gasteiger partial charge in [-0.25, -0.2) is 0 Å². The van der Waals surface area contributed by atoms with E-state index in [2.05, 4.69) is 27.7 Å². The molecule has 3 nitrogen and oxygen atoms in total. The minimum absolute atomic E-state index is 0.283. The van der Waals surface area contributed by atoms with Crippen molar-refractivity contribution in [2.75, 3.05) is 36.4 Å². The van der Waals surface area contributed by atoms with Crippen LogP contribution in [-0.4, -0.2) is 26.2 Å². The first-order chi connectivity index (χ1) is 13.4. The highest BCUT2D eigenvalue weighted by Gasteiger charge is 2.39. The number of benzene rings is 2. The summed E-state index contributed by atoms with van der Waals surface area (Å²) in [5.74, 6) is 1.07. The summed E-state index contributed by atoms with van der Waals surface area (Å²) in [7, 11) is 0. The first-order valence-corrected chi connectivity index (χ1v) is 10.0. The molecule has 2 aromatic rings. The van der Waals surface area contributed by atoms with Gasteiger partial charge in [0.05, 0.1) is 10.6 Å². The summed E-state index contributed by atoms with van der Waals surface area (Å²) < 4.78 is 39.6. The first-order valence-electron chi connectivity index (χ1n) is 9.66. The fourth-order valence-electron chi connectivity index (χ4n) is 4.96. The van der Waals surface area contributed by atoms with Crippen molar-refractivity contribution >= 4 is 28.7 Å². The fraction of sp³-hybridized carbons (Fsp3) is 0.429. The Balaban J connectivity index is 1.53. The van der Waals surface area contributed by atoms with E-state index in [-0.39, 0.29) is 5.02 Å². The van der Waals surface area contributed by atoms with E-state index < -0.39 is 11.7 Å². The largest absolute Gasteiger partial charge is 0.417 e. The minimum Gasteiger partial charge on any atom is -0.371 e. The van der Waals surface area contributed by atoms with Crippen LogP contribution in [0.4, 0.5) is 30.2 Å². The molecule has 2 aromatic carbocycles. The third-order valence-corrected chi connectivity index (χ3v) is 6.49. The van der Waals surface area contributed by atoms with Gasteiger partial charge >= 0.3 is 6.18 Å². The summed E-state index contributed by atoms with van der Waals surface area (Å²) in [5.41, 5.74) is 4.40. The van der Waals surface area contributed by atoms with Crippen molar-refractivity contribution in [2.24, 2.45) is 5.92 Å². The lowest BCUT2D eigenvalue weighted by molar-refractivity contribution is -0.137. The molecule has 2 atom stereocenters. The lowest BCUT2D eigenvalue weighted by Gasteiger charge is -2.42. The molecule has 0 amide bonds. The molecule has 1 fully saturated rings. The Morgan fingerprint density at radius 1 is 1.11 bits per heavy atom. The lowest BCUT2D eigenvalue weighted by Crippen LogP contribution is -2.41. The summed E-state index contributed by atoms with van der Waals surface area (Å²) in [6.45, 7) is 4.17. The number of nitrogens with zero attached hydrogens (tertiary/aromatic N) is 1. The SMILES string of the molecule is FC(F)(F)c1cc(Nc2cc3c4c(c2)C2CNCC2CN4CCC3)ccc1Cl. The Morgan fingerprint density at radius 3 is 2.79 bits per heavy atom. The second-order valence-corrected chi connectivity index (χ2v) is 8.37. The number of hydrogen-bond donors (Lipinski definition) is 2. The quantitative estimate of drug-likeness (QED) is 0.719. The average Bonchev–Trinajstić information content (AvgIpc) is 3.11. The standard InChI is InChI=1S/C21H21ClF3N3/c22-19-4-3-14(8-18(19)21(23,24)25)27-15-6-12-2-1-5-28-11-13-9-26-10-17(13)16(7-15)20(12)28/h3-4,6-8,13,17,26-27H,1-2,5,9-11H2. The monoisotopic (exact) mass is 407 g/mol. The highest BCUT2D eigenvalue weighted by molar-refractivity contribution is 6.31. The summed E-state index contributed by atoms with van der Waals surface area (Å²) in [5, 5.41) is 6.41. The molecule has 1 saturated heterocycles. The van der Waals surface area contributed by atoms with Gasteiger partial charge < -0.3 is 15.5 Å². The van der Waals surface area contributed by atoms with Crippen LogP contribution in [0.2, 0.25) is 5.02 Å². The van der Waals surface area contributed by atoms with E-state index in [0.29, 0.717) is 17.5 Å². The molecule has 28 heavy (non-hydrogen) atoms. The van der Waals surface area contributed by atoms with Crippen LogP contribution in [0, 0.1) is 5.92 Å². The molecule has 7 heteroatoms. The fourth-order valence-corrected chi connectivity index (χ4v) is 5.19. The molecule has 3 heterocycles. The molecule has 3 aliphatic rings. The van der Waals surface area contributed by atoms with Gasteiger partial charge in [-0.15, -0.1) is 0 Å². The molecule has 0 bridgehead atoms. The third kappa shape index (κ3) is 3.03. The minimum atomic E-state index is -4.47. The van der Waals surface area contributed by atoms with Gasteiger partial charge in [0.2, 0.25) is 0 Å². The maximum Gasteiger partial charge on any atom is 0.417 e.